The number of carbonyl (C=O) groups excluding carboxylic acids is 2. The lowest BCUT2D eigenvalue weighted by atomic mass is 9.91. The van der Waals surface area contributed by atoms with Gasteiger partial charge in [-0.25, -0.2) is 0 Å². The number of aromatic hydroxyl groups is 1. The fourth-order valence-electron chi connectivity index (χ4n) is 2.62. The summed E-state index contributed by atoms with van der Waals surface area (Å²) in [6.45, 7) is 3.04. The van der Waals surface area contributed by atoms with E-state index in [1.54, 1.807) is 31.2 Å². The SMILES string of the molecule is COc1ccc(C(CC(=O)NC(C)C(N)=O)c2oc(C)cc(=O)c2O)cc1. The standard InChI is InChI=1S/C19H22N2O6/c1-10-8-15(22)17(24)18(27-10)14(9-16(23)21-11(2)19(20)25)12-4-6-13(26-3)7-5-12/h4-8,11,14,24H,9H2,1-3H3,(H2,20,25)(H,21,23). The highest BCUT2D eigenvalue weighted by Gasteiger charge is 2.26. The molecule has 0 aliphatic rings. The average molecular weight is 374 g/mol. The molecule has 0 aliphatic carbocycles. The summed E-state index contributed by atoms with van der Waals surface area (Å²) in [6.07, 6.45) is -0.163. The zero-order chi connectivity index (χ0) is 20.1. The van der Waals surface area contributed by atoms with Gasteiger partial charge in [0.05, 0.1) is 13.0 Å². The van der Waals surface area contributed by atoms with Crippen LogP contribution in [0.15, 0.2) is 39.5 Å². The highest BCUT2D eigenvalue weighted by atomic mass is 16.5. The lowest BCUT2D eigenvalue weighted by molar-refractivity contribution is -0.127. The number of methoxy groups -OCH3 is 1. The molecule has 8 heteroatoms. The van der Waals surface area contributed by atoms with Gasteiger partial charge in [0.2, 0.25) is 23.0 Å². The fourth-order valence-corrected chi connectivity index (χ4v) is 2.62. The van der Waals surface area contributed by atoms with Crippen LogP contribution in [0.4, 0.5) is 0 Å². The summed E-state index contributed by atoms with van der Waals surface area (Å²) < 4.78 is 10.7. The van der Waals surface area contributed by atoms with Crippen LogP contribution in [0, 0.1) is 6.92 Å². The second kappa shape index (κ2) is 8.39. The molecule has 1 aromatic heterocycles. The number of nitrogens with one attached hydrogen (secondary N) is 1. The Kier molecular flexibility index (Phi) is 6.23. The maximum absolute atomic E-state index is 12.4. The van der Waals surface area contributed by atoms with Gasteiger partial charge in [0.15, 0.2) is 5.76 Å². The Morgan fingerprint density at radius 2 is 1.93 bits per heavy atom. The highest BCUT2D eigenvalue weighted by molar-refractivity contribution is 5.86. The Morgan fingerprint density at radius 3 is 2.48 bits per heavy atom. The maximum atomic E-state index is 12.4. The van der Waals surface area contributed by atoms with Crippen molar-refractivity contribution in [2.24, 2.45) is 5.73 Å². The summed E-state index contributed by atoms with van der Waals surface area (Å²) in [5.74, 6) is -1.57. The van der Waals surface area contributed by atoms with Gasteiger partial charge in [0, 0.05) is 12.5 Å². The molecule has 144 valence electrons. The lowest BCUT2D eigenvalue weighted by Crippen LogP contribution is -2.42. The molecule has 27 heavy (non-hydrogen) atoms. The van der Waals surface area contributed by atoms with Crippen molar-refractivity contribution in [3.05, 3.63) is 57.6 Å². The van der Waals surface area contributed by atoms with Crippen molar-refractivity contribution in [3.8, 4) is 11.5 Å². The molecular weight excluding hydrogens is 352 g/mol. The zero-order valence-electron chi connectivity index (χ0n) is 15.3. The summed E-state index contributed by atoms with van der Waals surface area (Å²) in [7, 11) is 1.52. The Bertz CT molecular complexity index is 888. The van der Waals surface area contributed by atoms with Gasteiger partial charge in [-0.2, -0.15) is 0 Å². The molecule has 0 fully saturated rings. The molecule has 0 aliphatic heterocycles. The van der Waals surface area contributed by atoms with E-state index in [1.165, 1.54) is 20.1 Å². The largest absolute Gasteiger partial charge is 0.502 e. The van der Waals surface area contributed by atoms with E-state index < -0.39 is 35.0 Å². The van der Waals surface area contributed by atoms with Crippen molar-refractivity contribution in [3.63, 3.8) is 0 Å². The average Bonchev–Trinajstić information content (AvgIpc) is 2.63. The number of primary amides is 1. The topological polar surface area (TPSA) is 132 Å². The second-order valence-corrected chi connectivity index (χ2v) is 6.16. The van der Waals surface area contributed by atoms with E-state index in [0.29, 0.717) is 17.1 Å². The van der Waals surface area contributed by atoms with Crippen LogP contribution >= 0.6 is 0 Å². The molecular formula is C19H22N2O6. The van der Waals surface area contributed by atoms with Crippen LogP contribution in [0.2, 0.25) is 0 Å². The summed E-state index contributed by atoms with van der Waals surface area (Å²) in [4.78, 5) is 35.5. The third kappa shape index (κ3) is 4.87. The number of hydrogen-bond donors (Lipinski definition) is 3. The number of amides is 2. The van der Waals surface area contributed by atoms with Gasteiger partial charge in [0.1, 0.15) is 17.6 Å². The number of benzene rings is 1. The van der Waals surface area contributed by atoms with Gasteiger partial charge in [-0.05, 0) is 31.5 Å². The smallest absolute Gasteiger partial charge is 0.239 e. The molecule has 4 N–H and O–H groups in total. The van der Waals surface area contributed by atoms with Crippen molar-refractivity contribution >= 4 is 11.8 Å². The first-order chi connectivity index (χ1) is 12.7. The number of aryl methyl sites for hydroxylation is 1. The van der Waals surface area contributed by atoms with Gasteiger partial charge in [-0.3, -0.25) is 14.4 Å². The second-order valence-electron chi connectivity index (χ2n) is 6.16. The summed E-state index contributed by atoms with van der Waals surface area (Å²) in [5.41, 5.74) is 5.19. The van der Waals surface area contributed by atoms with E-state index in [1.807, 2.05) is 0 Å². The van der Waals surface area contributed by atoms with Gasteiger partial charge in [0.25, 0.3) is 0 Å². The molecule has 2 rings (SSSR count). The van der Waals surface area contributed by atoms with Crippen molar-refractivity contribution in [2.45, 2.75) is 32.2 Å². The number of hydrogen-bond acceptors (Lipinski definition) is 6. The van der Waals surface area contributed by atoms with Crippen LogP contribution in [0.3, 0.4) is 0 Å². The first-order valence-corrected chi connectivity index (χ1v) is 8.29. The van der Waals surface area contributed by atoms with E-state index in [0.717, 1.165) is 0 Å². The fraction of sp³-hybridized carbons (Fsp3) is 0.316. The van der Waals surface area contributed by atoms with E-state index >= 15 is 0 Å². The summed E-state index contributed by atoms with van der Waals surface area (Å²) in [5, 5.41) is 12.7. The molecule has 2 amide bonds. The quantitative estimate of drug-likeness (QED) is 0.667. The first kappa shape index (κ1) is 20.0. The van der Waals surface area contributed by atoms with Gasteiger partial charge >= 0.3 is 0 Å². The molecule has 2 aromatic rings. The maximum Gasteiger partial charge on any atom is 0.239 e. The van der Waals surface area contributed by atoms with E-state index in [-0.39, 0.29) is 12.2 Å². The molecule has 0 spiro atoms. The highest BCUT2D eigenvalue weighted by Crippen LogP contribution is 2.33. The van der Waals surface area contributed by atoms with Crippen molar-refractivity contribution in [1.82, 2.24) is 5.32 Å². The Labute approximate surface area is 155 Å². The van der Waals surface area contributed by atoms with Gasteiger partial charge in [-0.15, -0.1) is 0 Å². The van der Waals surface area contributed by atoms with E-state index in [9.17, 15) is 19.5 Å². The van der Waals surface area contributed by atoms with Crippen molar-refractivity contribution in [1.29, 1.82) is 0 Å². The minimum absolute atomic E-state index is 0.0213. The van der Waals surface area contributed by atoms with E-state index in [4.69, 9.17) is 14.9 Å². The predicted molar refractivity (Wildman–Crippen MR) is 97.6 cm³/mol. The molecule has 2 atom stereocenters. The Hall–Kier alpha value is -3.29. The zero-order valence-corrected chi connectivity index (χ0v) is 15.3. The van der Waals surface area contributed by atoms with Crippen molar-refractivity contribution in [2.75, 3.05) is 7.11 Å². The Morgan fingerprint density at radius 1 is 1.30 bits per heavy atom. The molecule has 0 bridgehead atoms. The molecule has 8 nitrogen and oxygen atoms in total. The minimum atomic E-state index is -0.855. The van der Waals surface area contributed by atoms with Crippen molar-refractivity contribution < 1.29 is 23.8 Å². The third-order valence-corrected chi connectivity index (χ3v) is 4.10. The van der Waals surface area contributed by atoms with Crippen LogP contribution in [0.5, 0.6) is 11.5 Å². The van der Waals surface area contributed by atoms with Crippen LogP contribution < -0.4 is 21.2 Å². The minimum Gasteiger partial charge on any atom is -0.502 e. The first-order valence-electron chi connectivity index (χ1n) is 8.29. The van der Waals surface area contributed by atoms with Crippen LogP contribution in [0.25, 0.3) is 0 Å². The van der Waals surface area contributed by atoms with Gasteiger partial charge in [-0.1, -0.05) is 12.1 Å². The monoisotopic (exact) mass is 374 g/mol. The number of carbonyl (C=O) groups is 2. The molecule has 0 radical (unpaired) electrons. The molecule has 0 saturated heterocycles. The predicted octanol–water partition coefficient (Wildman–Crippen LogP) is 1.17. The summed E-state index contributed by atoms with van der Waals surface area (Å²) in [6, 6.07) is 7.10. The normalized spacial score (nSPS) is 12.9. The molecule has 0 saturated carbocycles. The van der Waals surface area contributed by atoms with E-state index in [2.05, 4.69) is 5.32 Å². The Balaban J connectivity index is 2.44. The molecule has 1 aromatic carbocycles. The van der Waals surface area contributed by atoms with Crippen LogP contribution in [0.1, 0.15) is 36.3 Å². The number of rotatable bonds is 7. The number of nitrogens with two attached hydrogens (primary N) is 1. The van der Waals surface area contributed by atoms with Crippen LogP contribution in [-0.2, 0) is 9.59 Å². The molecule has 2 unspecified atom stereocenters. The molecule has 1 heterocycles. The number of ether oxygens (including phenoxy) is 1. The lowest BCUT2D eigenvalue weighted by Gasteiger charge is -2.19. The van der Waals surface area contributed by atoms with Crippen LogP contribution in [-0.4, -0.2) is 30.1 Å². The van der Waals surface area contributed by atoms with Gasteiger partial charge < -0.3 is 25.3 Å². The summed E-state index contributed by atoms with van der Waals surface area (Å²) >= 11 is 0. The third-order valence-electron chi connectivity index (χ3n) is 4.10.